The van der Waals surface area contributed by atoms with Gasteiger partial charge in [0.2, 0.25) is 0 Å². The summed E-state index contributed by atoms with van der Waals surface area (Å²) in [5, 5.41) is 0. The Labute approximate surface area is 110 Å². The van der Waals surface area contributed by atoms with E-state index in [4.69, 9.17) is 0 Å². The van der Waals surface area contributed by atoms with E-state index in [1.54, 1.807) is 0 Å². The van der Waals surface area contributed by atoms with Crippen molar-refractivity contribution in [3.63, 3.8) is 0 Å². The molecule has 1 aliphatic heterocycles. The summed E-state index contributed by atoms with van der Waals surface area (Å²) >= 11 is 2.77. The van der Waals surface area contributed by atoms with E-state index in [9.17, 15) is 13.2 Å². The largest absolute Gasteiger partial charge is 0.414 e. The van der Waals surface area contributed by atoms with Gasteiger partial charge in [0, 0.05) is 4.24 Å². The summed E-state index contributed by atoms with van der Waals surface area (Å²) in [5.41, 5.74) is -0.275. The van der Waals surface area contributed by atoms with Gasteiger partial charge in [-0.1, -0.05) is 26.2 Å². The maximum Gasteiger partial charge on any atom is 0.414 e. The van der Waals surface area contributed by atoms with Crippen molar-refractivity contribution in [1.29, 1.82) is 0 Å². The number of hydrogen-bond donors (Lipinski definition) is 0. The minimum absolute atomic E-state index is 0.193. The van der Waals surface area contributed by atoms with Gasteiger partial charge in [0.25, 0.3) is 0 Å². The Kier molecular flexibility index (Phi) is 6.85. The summed E-state index contributed by atoms with van der Waals surface area (Å²) in [6.07, 6.45) is 0.714. The molecule has 1 rings (SSSR count). The first-order valence-corrected chi connectivity index (χ1v) is 8.08. The van der Waals surface area contributed by atoms with Crippen LogP contribution in [0.15, 0.2) is 9.81 Å². The molecule has 0 atom stereocenters. The highest BCUT2D eigenvalue weighted by Crippen LogP contribution is 2.44. The molecule has 0 unspecified atom stereocenters. The third-order valence-corrected chi connectivity index (χ3v) is 5.33. The molecule has 17 heavy (non-hydrogen) atoms. The minimum Gasteiger partial charge on any atom is -0.166 e. The summed E-state index contributed by atoms with van der Waals surface area (Å²) in [5.74, 6) is 1.66. The zero-order valence-electron chi connectivity index (χ0n) is 10.1. The third-order valence-electron chi connectivity index (χ3n) is 2.62. The monoisotopic (exact) mass is 284 g/mol. The highest BCUT2D eigenvalue weighted by molar-refractivity contribution is 8.22. The van der Waals surface area contributed by atoms with Gasteiger partial charge < -0.3 is 0 Å². The van der Waals surface area contributed by atoms with Crippen molar-refractivity contribution in [3.8, 4) is 0 Å². The molecule has 0 amide bonds. The lowest BCUT2D eigenvalue weighted by Crippen LogP contribution is -2.14. The molecule has 1 saturated heterocycles. The summed E-state index contributed by atoms with van der Waals surface area (Å²) in [7, 11) is 0. The van der Waals surface area contributed by atoms with E-state index in [-0.39, 0.29) is 12.0 Å². The quantitative estimate of drug-likeness (QED) is 0.603. The molecule has 1 aliphatic rings. The molecule has 0 bridgehead atoms. The molecule has 0 aromatic rings. The van der Waals surface area contributed by atoms with Crippen LogP contribution in [0.25, 0.3) is 0 Å². The van der Waals surface area contributed by atoms with E-state index < -0.39 is 6.18 Å². The van der Waals surface area contributed by atoms with E-state index in [2.05, 4.69) is 6.92 Å². The Balaban J connectivity index is 2.60. The van der Waals surface area contributed by atoms with Crippen molar-refractivity contribution in [2.75, 3.05) is 11.5 Å². The number of hydrogen-bond acceptors (Lipinski definition) is 2. The second kappa shape index (κ2) is 7.62. The van der Waals surface area contributed by atoms with Gasteiger partial charge in [-0.15, -0.1) is 23.5 Å². The van der Waals surface area contributed by atoms with Gasteiger partial charge in [-0.05, 0) is 30.8 Å². The molecule has 1 fully saturated rings. The van der Waals surface area contributed by atoms with E-state index in [1.807, 2.05) is 0 Å². The molecule has 0 aromatic heterocycles. The minimum atomic E-state index is -4.14. The predicted molar refractivity (Wildman–Crippen MR) is 71.4 cm³/mol. The standard InChI is InChI=1S/C12H19F3S2/c1-2-3-4-5-7-10(12(13,14)15)11-16-8-6-9-17-11/h2-9H2,1H3. The zero-order valence-corrected chi connectivity index (χ0v) is 11.7. The smallest absolute Gasteiger partial charge is 0.166 e. The molecule has 0 radical (unpaired) electrons. The van der Waals surface area contributed by atoms with Gasteiger partial charge in [0.15, 0.2) is 0 Å². The van der Waals surface area contributed by atoms with Crippen molar-refractivity contribution in [2.24, 2.45) is 0 Å². The maximum atomic E-state index is 12.9. The van der Waals surface area contributed by atoms with Crippen LogP contribution in [0.4, 0.5) is 13.2 Å². The second-order valence-corrected chi connectivity index (χ2v) is 6.59. The SMILES string of the molecule is CCCCCCC(=C1SCCCS1)C(F)(F)F. The molecular weight excluding hydrogens is 265 g/mol. The Bertz CT molecular complexity index is 251. The van der Waals surface area contributed by atoms with Gasteiger partial charge in [0.1, 0.15) is 0 Å². The van der Waals surface area contributed by atoms with Crippen molar-refractivity contribution < 1.29 is 13.2 Å². The van der Waals surface area contributed by atoms with Crippen LogP contribution in [-0.2, 0) is 0 Å². The van der Waals surface area contributed by atoms with Crippen LogP contribution < -0.4 is 0 Å². The van der Waals surface area contributed by atoms with Crippen LogP contribution in [0.2, 0.25) is 0 Å². The van der Waals surface area contributed by atoms with Crippen molar-refractivity contribution in [1.82, 2.24) is 0 Å². The highest BCUT2D eigenvalue weighted by Gasteiger charge is 2.36. The predicted octanol–water partition coefficient (Wildman–Crippen LogP) is 5.60. The molecule has 1 heterocycles. The second-order valence-electron chi connectivity index (χ2n) is 4.12. The van der Waals surface area contributed by atoms with E-state index in [0.717, 1.165) is 37.2 Å². The lowest BCUT2D eigenvalue weighted by Gasteiger charge is -2.20. The average molecular weight is 284 g/mol. The molecule has 0 saturated carbocycles. The zero-order chi connectivity index (χ0) is 12.7. The molecule has 0 aliphatic carbocycles. The van der Waals surface area contributed by atoms with Gasteiger partial charge >= 0.3 is 6.18 Å². The Morgan fingerprint density at radius 1 is 1.12 bits per heavy atom. The third kappa shape index (κ3) is 5.60. The van der Waals surface area contributed by atoms with Crippen LogP contribution in [0, 0.1) is 0 Å². The first-order chi connectivity index (χ1) is 8.05. The highest BCUT2D eigenvalue weighted by atomic mass is 32.2. The lowest BCUT2D eigenvalue weighted by atomic mass is 10.1. The van der Waals surface area contributed by atoms with Gasteiger partial charge in [-0.2, -0.15) is 13.2 Å². The number of alkyl halides is 3. The fraction of sp³-hybridized carbons (Fsp3) is 0.833. The summed E-state index contributed by atoms with van der Waals surface area (Å²) in [6, 6.07) is 0. The topological polar surface area (TPSA) is 0 Å². The Morgan fingerprint density at radius 2 is 1.76 bits per heavy atom. The number of halogens is 3. The van der Waals surface area contributed by atoms with Crippen molar-refractivity contribution >= 4 is 23.5 Å². The molecule has 100 valence electrons. The molecule has 0 spiro atoms. The van der Waals surface area contributed by atoms with E-state index in [1.165, 1.54) is 23.5 Å². The van der Waals surface area contributed by atoms with E-state index in [0.29, 0.717) is 10.7 Å². The van der Waals surface area contributed by atoms with Crippen LogP contribution in [0.1, 0.15) is 45.4 Å². The Hall–Kier alpha value is 0.230. The number of rotatable bonds is 5. The maximum absolute atomic E-state index is 12.9. The summed E-state index contributed by atoms with van der Waals surface area (Å²) in [6.45, 7) is 2.07. The summed E-state index contributed by atoms with van der Waals surface area (Å²) in [4.78, 5) is 0. The molecule has 0 nitrogen and oxygen atoms in total. The number of thioether (sulfide) groups is 2. The van der Waals surface area contributed by atoms with Crippen LogP contribution in [0.3, 0.4) is 0 Å². The van der Waals surface area contributed by atoms with Gasteiger partial charge in [-0.25, -0.2) is 0 Å². The average Bonchev–Trinajstić information content (AvgIpc) is 2.28. The fourth-order valence-corrected chi connectivity index (χ4v) is 4.44. The summed E-state index contributed by atoms with van der Waals surface area (Å²) < 4.78 is 39.3. The van der Waals surface area contributed by atoms with Crippen LogP contribution >= 0.6 is 23.5 Å². The molecular formula is C12H19F3S2. The molecule has 0 N–H and O–H groups in total. The Morgan fingerprint density at radius 3 is 2.29 bits per heavy atom. The fourth-order valence-electron chi connectivity index (χ4n) is 1.69. The van der Waals surface area contributed by atoms with E-state index >= 15 is 0 Å². The van der Waals surface area contributed by atoms with Crippen molar-refractivity contribution in [2.45, 2.75) is 51.6 Å². The van der Waals surface area contributed by atoms with Crippen molar-refractivity contribution in [3.05, 3.63) is 9.81 Å². The lowest BCUT2D eigenvalue weighted by molar-refractivity contribution is -0.0941. The number of unbranched alkanes of at least 4 members (excludes halogenated alkanes) is 3. The van der Waals surface area contributed by atoms with Gasteiger partial charge in [-0.3, -0.25) is 0 Å². The van der Waals surface area contributed by atoms with Gasteiger partial charge in [0.05, 0.1) is 5.57 Å². The first kappa shape index (κ1) is 15.3. The normalized spacial score (nSPS) is 17.3. The molecule has 0 aromatic carbocycles. The number of allylic oxidation sites excluding steroid dienone is 1. The first-order valence-electron chi connectivity index (χ1n) is 6.11. The van der Waals surface area contributed by atoms with Crippen LogP contribution in [0.5, 0.6) is 0 Å². The van der Waals surface area contributed by atoms with Crippen LogP contribution in [-0.4, -0.2) is 17.7 Å². The molecule has 5 heteroatoms.